The average Bonchev–Trinajstić information content (AvgIpc) is 2.65. The third-order valence-corrected chi connectivity index (χ3v) is 5.28. The van der Waals surface area contributed by atoms with Crippen molar-refractivity contribution in [1.82, 2.24) is 9.55 Å². The zero-order valence-electron chi connectivity index (χ0n) is 10.2. The fraction of sp³-hybridized carbons (Fsp3) is 0.500. The number of aryl methyl sites for hydroxylation is 1. The summed E-state index contributed by atoms with van der Waals surface area (Å²) in [5.74, 6) is 0. The molecular weight excluding hydrogens is 300 g/mol. The molecule has 0 aliphatic rings. The third kappa shape index (κ3) is 2.45. The van der Waals surface area contributed by atoms with E-state index in [4.69, 9.17) is 0 Å². The zero-order valence-corrected chi connectivity index (χ0v) is 12.6. The second-order valence-electron chi connectivity index (χ2n) is 5.07. The van der Waals surface area contributed by atoms with Crippen molar-refractivity contribution >= 4 is 37.5 Å². The van der Waals surface area contributed by atoms with Crippen molar-refractivity contribution in [3.05, 3.63) is 27.6 Å². The summed E-state index contributed by atoms with van der Waals surface area (Å²) in [4.78, 5) is 16.6. The summed E-state index contributed by atoms with van der Waals surface area (Å²) in [7, 11) is 0. The Morgan fingerprint density at radius 3 is 2.88 bits per heavy atom. The van der Waals surface area contributed by atoms with E-state index in [1.807, 2.05) is 12.3 Å². The summed E-state index contributed by atoms with van der Waals surface area (Å²) in [5.41, 5.74) is 2.04. The Bertz CT molecular complexity index is 600. The highest BCUT2D eigenvalue weighted by Crippen LogP contribution is 2.22. The second kappa shape index (κ2) is 4.53. The number of thiophene rings is 1. The van der Waals surface area contributed by atoms with Crippen LogP contribution in [0.4, 0.5) is 0 Å². The van der Waals surface area contributed by atoms with E-state index in [2.05, 4.69) is 34.8 Å². The molecule has 0 aromatic carbocycles. The molecule has 3 nitrogen and oxygen atoms in total. The summed E-state index contributed by atoms with van der Waals surface area (Å²) >= 11 is 4.95. The molecule has 0 atom stereocenters. The monoisotopic (exact) mass is 314 g/mol. The molecule has 2 heterocycles. The molecule has 2 rings (SSSR count). The lowest BCUT2D eigenvalue weighted by atomic mass is 9.97. The number of nitrogens with zero attached hydrogens (tertiary/aromatic N) is 2. The molecule has 5 heteroatoms. The van der Waals surface area contributed by atoms with Crippen LogP contribution in [0.15, 0.2) is 16.5 Å². The van der Waals surface area contributed by atoms with E-state index in [0.29, 0.717) is 6.54 Å². The van der Waals surface area contributed by atoms with Crippen molar-refractivity contribution in [3.63, 3.8) is 0 Å². The number of fused-ring (bicyclic) bond motifs is 1. The Hall–Kier alpha value is -0.680. The van der Waals surface area contributed by atoms with Crippen molar-refractivity contribution in [1.29, 1.82) is 0 Å². The van der Waals surface area contributed by atoms with Crippen molar-refractivity contribution < 1.29 is 0 Å². The third-order valence-electron chi connectivity index (χ3n) is 2.68. The van der Waals surface area contributed by atoms with Crippen LogP contribution in [0.3, 0.4) is 0 Å². The largest absolute Gasteiger partial charge is 0.297 e. The van der Waals surface area contributed by atoms with Gasteiger partial charge in [0.1, 0.15) is 4.70 Å². The van der Waals surface area contributed by atoms with Crippen LogP contribution in [-0.4, -0.2) is 14.9 Å². The molecule has 0 bridgehead atoms. The molecule has 0 fully saturated rings. The van der Waals surface area contributed by atoms with Gasteiger partial charge in [-0.2, -0.15) is 0 Å². The maximum Gasteiger partial charge on any atom is 0.271 e. The minimum atomic E-state index is 0.0471. The Morgan fingerprint density at radius 2 is 2.24 bits per heavy atom. The fourth-order valence-electron chi connectivity index (χ4n) is 1.68. The van der Waals surface area contributed by atoms with E-state index < -0.39 is 0 Å². The maximum absolute atomic E-state index is 12.3. The van der Waals surface area contributed by atoms with Crippen LogP contribution >= 0.6 is 27.3 Å². The minimum Gasteiger partial charge on any atom is -0.297 e. The molecule has 0 aliphatic heterocycles. The first-order valence-corrected chi connectivity index (χ1v) is 7.44. The molecule has 0 spiro atoms. The van der Waals surface area contributed by atoms with Gasteiger partial charge in [-0.3, -0.25) is 9.36 Å². The topological polar surface area (TPSA) is 34.9 Å². The predicted octanol–water partition coefficient (Wildman–Crippen LogP) is 3.19. The summed E-state index contributed by atoms with van der Waals surface area (Å²) in [6.45, 7) is 6.91. The van der Waals surface area contributed by atoms with Gasteiger partial charge in [-0.25, -0.2) is 4.98 Å². The highest BCUT2D eigenvalue weighted by Gasteiger charge is 2.18. The van der Waals surface area contributed by atoms with Gasteiger partial charge in [-0.1, -0.05) is 29.8 Å². The predicted molar refractivity (Wildman–Crippen MR) is 76.2 cm³/mol. The molecular formula is C12H15BrN2OS. The number of hydrogen-bond acceptors (Lipinski definition) is 3. The lowest BCUT2D eigenvalue weighted by molar-refractivity contribution is 0.348. The molecule has 0 saturated heterocycles. The van der Waals surface area contributed by atoms with E-state index in [1.165, 1.54) is 11.3 Å². The van der Waals surface area contributed by atoms with Crippen LogP contribution in [0, 0.1) is 12.3 Å². The number of alkyl halides is 1. The molecule has 92 valence electrons. The van der Waals surface area contributed by atoms with E-state index in [9.17, 15) is 4.79 Å². The van der Waals surface area contributed by atoms with Crippen molar-refractivity contribution in [2.75, 3.05) is 5.33 Å². The Kier molecular flexibility index (Phi) is 3.41. The molecule has 0 N–H and O–H groups in total. The molecule has 0 radical (unpaired) electrons. The van der Waals surface area contributed by atoms with Crippen LogP contribution in [0.2, 0.25) is 0 Å². The first-order valence-electron chi connectivity index (χ1n) is 5.44. The minimum absolute atomic E-state index is 0.0471. The van der Waals surface area contributed by atoms with E-state index in [1.54, 1.807) is 10.9 Å². The average molecular weight is 315 g/mol. The van der Waals surface area contributed by atoms with Crippen LogP contribution in [-0.2, 0) is 6.54 Å². The van der Waals surface area contributed by atoms with Crippen LogP contribution < -0.4 is 5.56 Å². The highest BCUT2D eigenvalue weighted by molar-refractivity contribution is 9.09. The van der Waals surface area contributed by atoms with Gasteiger partial charge in [-0.15, -0.1) is 11.3 Å². The molecule has 0 saturated carbocycles. The summed E-state index contributed by atoms with van der Waals surface area (Å²) in [6, 6.07) is 0. The van der Waals surface area contributed by atoms with Gasteiger partial charge in [0.15, 0.2) is 0 Å². The van der Waals surface area contributed by atoms with Gasteiger partial charge in [-0.05, 0) is 23.3 Å². The molecule has 17 heavy (non-hydrogen) atoms. The molecule has 2 aromatic heterocycles. The fourth-order valence-corrected chi connectivity index (χ4v) is 2.80. The zero-order chi connectivity index (χ0) is 12.6. The van der Waals surface area contributed by atoms with E-state index >= 15 is 0 Å². The summed E-state index contributed by atoms with van der Waals surface area (Å²) < 4.78 is 2.47. The normalized spacial score (nSPS) is 12.2. The lowest BCUT2D eigenvalue weighted by Crippen LogP contribution is -2.29. The van der Waals surface area contributed by atoms with E-state index in [-0.39, 0.29) is 11.0 Å². The van der Waals surface area contributed by atoms with Gasteiger partial charge < -0.3 is 0 Å². The van der Waals surface area contributed by atoms with Gasteiger partial charge in [0.2, 0.25) is 0 Å². The lowest BCUT2D eigenvalue weighted by Gasteiger charge is -2.22. The first-order chi connectivity index (χ1) is 7.94. The van der Waals surface area contributed by atoms with Gasteiger partial charge in [0, 0.05) is 11.9 Å². The van der Waals surface area contributed by atoms with Crippen LogP contribution in [0.25, 0.3) is 10.2 Å². The molecule has 0 amide bonds. The van der Waals surface area contributed by atoms with Crippen molar-refractivity contribution in [2.45, 2.75) is 27.3 Å². The molecule has 0 unspecified atom stereocenters. The smallest absolute Gasteiger partial charge is 0.271 e. The Morgan fingerprint density at radius 1 is 1.53 bits per heavy atom. The van der Waals surface area contributed by atoms with Crippen LogP contribution in [0.1, 0.15) is 19.4 Å². The molecule has 2 aromatic rings. The van der Waals surface area contributed by atoms with Gasteiger partial charge >= 0.3 is 0 Å². The summed E-state index contributed by atoms with van der Waals surface area (Å²) in [5, 5.41) is 2.84. The van der Waals surface area contributed by atoms with Crippen molar-refractivity contribution in [3.8, 4) is 0 Å². The maximum atomic E-state index is 12.3. The SMILES string of the molecule is Cc1csc2c(=O)n(CC(C)(C)CBr)cnc12. The number of rotatable bonds is 3. The molecule has 0 aliphatic carbocycles. The summed E-state index contributed by atoms with van der Waals surface area (Å²) in [6.07, 6.45) is 1.66. The standard InChI is InChI=1S/C12H15BrN2OS/c1-8-4-17-10-9(8)14-7-15(11(10)16)6-12(2,3)5-13/h4,7H,5-6H2,1-3H3. The van der Waals surface area contributed by atoms with Gasteiger partial charge in [0.25, 0.3) is 5.56 Å². The van der Waals surface area contributed by atoms with E-state index in [0.717, 1.165) is 21.1 Å². The number of halogens is 1. The van der Waals surface area contributed by atoms with Crippen molar-refractivity contribution in [2.24, 2.45) is 5.41 Å². The number of hydrogen-bond donors (Lipinski definition) is 0. The first kappa shape index (κ1) is 12.8. The highest BCUT2D eigenvalue weighted by atomic mass is 79.9. The quantitative estimate of drug-likeness (QED) is 0.815. The Balaban J connectivity index is 2.50. The van der Waals surface area contributed by atoms with Crippen LogP contribution in [0.5, 0.6) is 0 Å². The number of aromatic nitrogens is 2. The Labute approximate surface area is 113 Å². The van der Waals surface area contributed by atoms with Gasteiger partial charge in [0.05, 0.1) is 11.8 Å². The second-order valence-corrected chi connectivity index (χ2v) is 6.51.